The molecule has 0 atom stereocenters. The Bertz CT molecular complexity index is 3190. The number of para-hydroxylation sites is 1. The molecule has 0 aliphatic carbocycles. The van der Waals surface area contributed by atoms with Crippen LogP contribution in [0.15, 0.2) is 218 Å². The fourth-order valence-corrected chi connectivity index (χ4v) is 8.78. The number of hydrogen-bond donors (Lipinski definition) is 0. The maximum absolute atomic E-state index is 2.43. The zero-order valence-corrected chi connectivity index (χ0v) is 30.7. The van der Waals surface area contributed by atoms with Gasteiger partial charge < -0.3 is 9.13 Å². The molecule has 262 valence electrons. The summed E-state index contributed by atoms with van der Waals surface area (Å²) in [6.45, 7) is 0. The van der Waals surface area contributed by atoms with Gasteiger partial charge in [0.2, 0.25) is 0 Å². The first-order valence-electron chi connectivity index (χ1n) is 19.3. The highest BCUT2D eigenvalue weighted by Crippen LogP contribution is 2.43. The van der Waals surface area contributed by atoms with Crippen molar-refractivity contribution in [3.63, 3.8) is 0 Å². The van der Waals surface area contributed by atoms with Gasteiger partial charge in [-0.25, -0.2) is 0 Å². The lowest BCUT2D eigenvalue weighted by Crippen LogP contribution is -1.94. The standard InChI is InChI=1S/C54H36N2/c1-5-15-37(16-6-1)38-27-31-44(32-28-38)56-50-34-30-42(36-48(50)54-46(24-14-26-52(54)56)40-19-9-3-10-20-40)41-29-33-49-47(35-41)53-45(39-17-7-2-8-18-39)23-13-25-51(53)55(49)43-21-11-4-12-22-43/h1-36H. The second-order valence-electron chi connectivity index (χ2n) is 14.5. The van der Waals surface area contributed by atoms with Crippen LogP contribution >= 0.6 is 0 Å². The Morgan fingerprint density at radius 3 is 1.07 bits per heavy atom. The van der Waals surface area contributed by atoms with Crippen LogP contribution < -0.4 is 0 Å². The first-order chi connectivity index (χ1) is 27.8. The van der Waals surface area contributed by atoms with Crippen LogP contribution in [0.1, 0.15) is 0 Å². The number of nitrogens with zero attached hydrogens (tertiary/aromatic N) is 2. The maximum Gasteiger partial charge on any atom is 0.0547 e. The third-order valence-electron chi connectivity index (χ3n) is 11.3. The molecule has 2 aromatic heterocycles. The topological polar surface area (TPSA) is 9.86 Å². The molecule has 0 aliphatic rings. The molecule has 2 nitrogen and oxygen atoms in total. The highest BCUT2D eigenvalue weighted by atomic mass is 15.0. The van der Waals surface area contributed by atoms with Gasteiger partial charge in [-0.15, -0.1) is 0 Å². The monoisotopic (exact) mass is 712 g/mol. The molecule has 0 spiro atoms. The van der Waals surface area contributed by atoms with Crippen LogP contribution in [0.25, 0.3) is 99.5 Å². The summed E-state index contributed by atoms with van der Waals surface area (Å²) in [6.07, 6.45) is 0. The Hall–Kier alpha value is -7.42. The lowest BCUT2D eigenvalue weighted by Gasteiger charge is -2.10. The van der Waals surface area contributed by atoms with E-state index in [1.165, 1.54) is 88.1 Å². The van der Waals surface area contributed by atoms with E-state index >= 15 is 0 Å². The molecule has 0 saturated heterocycles. The minimum Gasteiger partial charge on any atom is -0.309 e. The van der Waals surface area contributed by atoms with E-state index in [0.717, 1.165) is 11.4 Å². The summed E-state index contributed by atoms with van der Waals surface area (Å²) in [5.74, 6) is 0. The van der Waals surface area contributed by atoms with E-state index in [1.807, 2.05) is 0 Å². The van der Waals surface area contributed by atoms with E-state index < -0.39 is 0 Å². The summed E-state index contributed by atoms with van der Waals surface area (Å²) in [6, 6.07) is 79.4. The molecule has 0 radical (unpaired) electrons. The quantitative estimate of drug-likeness (QED) is 0.162. The highest BCUT2D eigenvalue weighted by Gasteiger charge is 2.20. The van der Waals surface area contributed by atoms with Crippen molar-refractivity contribution in [3.8, 4) is 55.9 Å². The summed E-state index contributed by atoms with van der Waals surface area (Å²) < 4.78 is 4.84. The third kappa shape index (κ3) is 5.19. The summed E-state index contributed by atoms with van der Waals surface area (Å²) in [5, 5.41) is 5.01. The van der Waals surface area contributed by atoms with Gasteiger partial charge in [-0.1, -0.05) is 158 Å². The van der Waals surface area contributed by atoms with E-state index in [2.05, 4.69) is 228 Å². The minimum atomic E-state index is 1.14. The van der Waals surface area contributed by atoms with E-state index in [1.54, 1.807) is 0 Å². The van der Waals surface area contributed by atoms with Gasteiger partial charge in [-0.2, -0.15) is 0 Å². The second-order valence-corrected chi connectivity index (χ2v) is 14.5. The van der Waals surface area contributed by atoms with E-state index in [4.69, 9.17) is 0 Å². The van der Waals surface area contributed by atoms with E-state index in [0.29, 0.717) is 0 Å². The molecule has 11 rings (SSSR count). The summed E-state index contributed by atoms with van der Waals surface area (Å²) in [4.78, 5) is 0. The number of fused-ring (bicyclic) bond motifs is 6. The third-order valence-corrected chi connectivity index (χ3v) is 11.3. The Morgan fingerprint density at radius 2 is 0.607 bits per heavy atom. The van der Waals surface area contributed by atoms with Crippen molar-refractivity contribution in [2.45, 2.75) is 0 Å². The number of rotatable bonds is 6. The van der Waals surface area contributed by atoms with Crippen molar-refractivity contribution < 1.29 is 0 Å². The Balaban J connectivity index is 1.15. The average Bonchev–Trinajstić information content (AvgIpc) is 3.80. The predicted molar refractivity (Wildman–Crippen MR) is 237 cm³/mol. The van der Waals surface area contributed by atoms with Gasteiger partial charge in [0.15, 0.2) is 0 Å². The summed E-state index contributed by atoms with van der Waals surface area (Å²) >= 11 is 0. The Labute approximate surface area is 325 Å². The first-order valence-corrected chi connectivity index (χ1v) is 19.3. The molecule has 0 amide bonds. The van der Waals surface area contributed by atoms with Crippen LogP contribution in [0.4, 0.5) is 0 Å². The van der Waals surface area contributed by atoms with Crippen molar-refractivity contribution in [1.29, 1.82) is 0 Å². The van der Waals surface area contributed by atoms with Crippen molar-refractivity contribution in [3.05, 3.63) is 218 Å². The summed E-state index contributed by atoms with van der Waals surface area (Å²) in [5.41, 5.74) is 16.8. The SMILES string of the molecule is c1ccc(-c2ccc(-n3c4ccc(-c5ccc6c(c5)c5c(-c7ccccc7)cccc5n6-c5ccccc5)cc4c4c(-c5ccccc5)cccc43)cc2)cc1. The zero-order valence-electron chi connectivity index (χ0n) is 30.7. The van der Waals surface area contributed by atoms with Crippen molar-refractivity contribution in [2.24, 2.45) is 0 Å². The smallest absolute Gasteiger partial charge is 0.0547 e. The van der Waals surface area contributed by atoms with Gasteiger partial charge in [0.25, 0.3) is 0 Å². The molecule has 0 aliphatic heterocycles. The Morgan fingerprint density at radius 1 is 0.232 bits per heavy atom. The second kappa shape index (κ2) is 13.2. The van der Waals surface area contributed by atoms with E-state index in [-0.39, 0.29) is 0 Å². The molecule has 11 aromatic rings. The lowest BCUT2D eigenvalue weighted by molar-refractivity contribution is 1.18. The molecule has 0 N–H and O–H groups in total. The van der Waals surface area contributed by atoms with Gasteiger partial charge in [-0.3, -0.25) is 0 Å². The van der Waals surface area contributed by atoms with Gasteiger partial charge >= 0.3 is 0 Å². The predicted octanol–water partition coefficient (Wildman–Crippen LogP) is 14.5. The van der Waals surface area contributed by atoms with Gasteiger partial charge in [-0.05, 0) is 105 Å². The fourth-order valence-electron chi connectivity index (χ4n) is 8.78. The molecular weight excluding hydrogens is 677 g/mol. The highest BCUT2D eigenvalue weighted by molar-refractivity contribution is 6.18. The molecule has 9 aromatic carbocycles. The van der Waals surface area contributed by atoms with Crippen molar-refractivity contribution >= 4 is 43.6 Å². The fraction of sp³-hybridized carbons (Fsp3) is 0. The van der Waals surface area contributed by atoms with Crippen molar-refractivity contribution in [2.75, 3.05) is 0 Å². The first kappa shape index (κ1) is 32.0. The van der Waals surface area contributed by atoms with Gasteiger partial charge in [0, 0.05) is 32.9 Å². The molecule has 0 saturated carbocycles. The number of hydrogen-bond acceptors (Lipinski definition) is 0. The normalized spacial score (nSPS) is 11.6. The molecule has 2 heterocycles. The number of aromatic nitrogens is 2. The maximum atomic E-state index is 2.43. The zero-order chi connectivity index (χ0) is 37.0. The van der Waals surface area contributed by atoms with Gasteiger partial charge in [0.05, 0.1) is 22.1 Å². The lowest BCUT2D eigenvalue weighted by atomic mass is 9.96. The van der Waals surface area contributed by atoms with Crippen LogP contribution in [0, 0.1) is 0 Å². The largest absolute Gasteiger partial charge is 0.309 e. The van der Waals surface area contributed by atoms with E-state index in [9.17, 15) is 0 Å². The van der Waals surface area contributed by atoms with Crippen LogP contribution in [0.5, 0.6) is 0 Å². The van der Waals surface area contributed by atoms with Crippen molar-refractivity contribution in [1.82, 2.24) is 9.13 Å². The Kier molecular flexibility index (Phi) is 7.53. The molecule has 0 unspecified atom stereocenters. The van der Waals surface area contributed by atoms with Crippen LogP contribution in [0.2, 0.25) is 0 Å². The molecule has 0 fully saturated rings. The molecular formula is C54H36N2. The minimum absolute atomic E-state index is 1.14. The molecule has 56 heavy (non-hydrogen) atoms. The number of benzene rings is 9. The molecule has 0 bridgehead atoms. The van der Waals surface area contributed by atoms with Crippen LogP contribution in [-0.2, 0) is 0 Å². The van der Waals surface area contributed by atoms with Crippen LogP contribution in [-0.4, -0.2) is 9.13 Å². The molecule has 2 heteroatoms. The van der Waals surface area contributed by atoms with Gasteiger partial charge in [0.1, 0.15) is 0 Å². The van der Waals surface area contributed by atoms with Crippen LogP contribution in [0.3, 0.4) is 0 Å². The summed E-state index contributed by atoms with van der Waals surface area (Å²) in [7, 11) is 0. The average molecular weight is 713 g/mol.